The van der Waals surface area contributed by atoms with Crippen molar-refractivity contribution in [2.75, 3.05) is 6.54 Å². The number of rotatable bonds is 6. The molecule has 3 heteroatoms. The first-order valence-electron chi connectivity index (χ1n) is 6.60. The molecule has 0 bridgehead atoms. The monoisotopic (exact) mass is 287 g/mol. The van der Waals surface area contributed by atoms with Crippen molar-refractivity contribution in [1.82, 2.24) is 5.32 Å². The minimum absolute atomic E-state index is 0.159. The molecule has 0 aliphatic heterocycles. The van der Waals surface area contributed by atoms with Crippen molar-refractivity contribution in [1.29, 1.82) is 0 Å². The molecule has 0 saturated heterocycles. The summed E-state index contributed by atoms with van der Waals surface area (Å²) < 4.78 is 0. The van der Waals surface area contributed by atoms with E-state index in [-0.39, 0.29) is 11.5 Å². The summed E-state index contributed by atoms with van der Waals surface area (Å²) >= 11 is 12.3. The molecular weight excluding hydrogens is 265 g/mol. The van der Waals surface area contributed by atoms with Crippen molar-refractivity contribution < 1.29 is 0 Å². The van der Waals surface area contributed by atoms with Gasteiger partial charge in [0.25, 0.3) is 0 Å². The van der Waals surface area contributed by atoms with Gasteiger partial charge in [-0.15, -0.1) is 0 Å². The smallest absolute Gasteiger partial charge is 0.0468 e. The van der Waals surface area contributed by atoms with E-state index in [1.54, 1.807) is 0 Å². The van der Waals surface area contributed by atoms with Gasteiger partial charge >= 0.3 is 0 Å². The summed E-state index contributed by atoms with van der Waals surface area (Å²) in [4.78, 5) is 0. The lowest BCUT2D eigenvalue weighted by Gasteiger charge is -2.35. The Morgan fingerprint density at radius 2 is 1.89 bits per heavy atom. The van der Waals surface area contributed by atoms with Crippen molar-refractivity contribution in [2.45, 2.75) is 46.6 Å². The zero-order valence-electron chi connectivity index (χ0n) is 11.7. The Balaban J connectivity index is 3.09. The van der Waals surface area contributed by atoms with E-state index in [2.05, 4.69) is 33.0 Å². The van der Waals surface area contributed by atoms with E-state index in [1.165, 1.54) is 0 Å². The molecule has 0 spiro atoms. The quantitative estimate of drug-likeness (QED) is 0.731. The second-order valence-electron chi connectivity index (χ2n) is 5.40. The van der Waals surface area contributed by atoms with Gasteiger partial charge in [0.15, 0.2) is 0 Å². The molecule has 0 saturated carbocycles. The maximum atomic E-state index is 6.34. The summed E-state index contributed by atoms with van der Waals surface area (Å²) in [5.41, 5.74) is 1.30. The van der Waals surface area contributed by atoms with E-state index in [0.29, 0.717) is 5.02 Å². The average molecular weight is 288 g/mol. The minimum Gasteiger partial charge on any atom is -0.309 e. The Bertz CT molecular complexity index is 388. The van der Waals surface area contributed by atoms with Crippen LogP contribution < -0.4 is 5.32 Å². The maximum Gasteiger partial charge on any atom is 0.0468 e. The lowest BCUT2D eigenvalue weighted by molar-refractivity contribution is 0.235. The first-order valence-corrected chi connectivity index (χ1v) is 7.36. The normalized spacial score (nSPS) is 13.7. The molecule has 0 fully saturated rings. The van der Waals surface area contributed by atoms with Crippen LogP contribution in [0, 0.1) is 5.41 Å². The Hall–Kier alpha value is -0.240. The van der Waals surface area contributed by atoms with Crippen LogP contribution in [0.5, 0.6) is 0 Å². The zero-order valence-corrected chi connectivity index (χ0v) is 13.2. The van der Waals surface area contributed by atoms with Gasteiger partial charge in [0, 0.05) is 16.1 Å². The van der Waals surface area contributed by atoms with Crippen LogP contribution in [0.2, 0.25) is 10.0 Å². The van der Waals surface area contributed by atoms with Gasteiger partial charge in [0.1, 0.15) is 0 Å². The fraction of sp³-hybridized carbons (Fsp3) is 0.600. The fourth-order valence-electron chi connectivity index (χ4n) is 2.04. The van der Waals surface area contributed by atoms with E-state index in [9.17, 15) is 0 Å². The lowest BCUT2D eigenvalue weighted by Crippen LogP contribution is -2.34. The van der Waals surface area contributed by atoms with Gasteiger partial charge in [-0.3, -0.25) is 0 Å². The lowest BCUT2D eigenvalue weighted by atomic mass is 9.78. The van der Waals surface area contributed by atoms with E-state index in [0.717, 1.165) is 30.0 Å². The maximum absolute atomic E-state index is 6.34. The zero-order chi connectivity index (χ0) is 13.8. The predicted octanol–water partition coefficient (Wildman–Crippen LogP) is 5.47. The molecule has 18 heavy (non-hydrogen) atoms. The molecule has 1 aromatic rings. The van der Waals surface area contributed by atoms with Crippen LogP contribution in [0.25, 0.3) is 0 Å². The standard InChI is InChI=1S/C15H23Cl2N/c1-5-9-18-14(15(3,4)6-2)12-8-7-11(16)10-13(12)17/h7-8,10,14,18H,5-6,9H2,1-4H3. The van der Waals surface area contributed by atoms with E-state index >= 15 is 0 Å². The van der Waals surface area contributed by atoms with Gasteiger partial charge < -0.3 is 5.32 Å². The second kappa shape index (κ2) is 6.79. The second-order valence-corrected chi connectivity index (χ2v) is 6.24. The van der Waals surface area contributed by atoms with Crippen LogP contribution in [0.1, 0.15) is 52.1 Å². The first-order chi connectivity index (χ1) is 8.42. The largest absolute Gasteiger partial charge is 0.309 e. The highest BCUT2D eigenvalue weighted by atomic mass is 35.5. The fourth-order valence-corrected chi connectivity index (χ4v) is 2.55. The molecular formula is C15H23Cl2N. The van der Waals surface area contributed by atoms with Crippen LogP contribution in [0.3, 0.4) is 0 Å². The molecule has 0 aliphatic rings. The summed E-state index contributed by atoms with van der Waals surface area (Å²) in [7, 11) is 0. The van der Waals surface area contributed by atoms with Gasteiger partial charge in [-0.1, -0.05) is 57.0 Å². The Labute approximate surface area is 121 Å². The number of hydrogen-bond donors (Lipinski definition) is 1. The molecule has 102 valence electrons. The third kappa shape index (κ3) is 3.88. The van der Waals surface area contributed by atoms with Crippen molar-refractivity contribution >= 4 is 23.2 Å². The van der Waals surface area contributed by atoms with Gasteiger partial charge in [-0.05, 0) is 42.5 Å². The Kier molecular flexibility index (Phi) is 5.97. The molecule has 1 atom stereocenters. The topological polar surface area (TPSA) is 12.0 Å². The van der Waals surface area contributed by atoms with Crippen molar-refractivity contribution in [2.24, 2.45) is 5.41 Å². The molecule has 0 aromatic heterocycles. The number of halogens is 2. The van der Waals surface area contributed by atoms with Crippen LogP contribution in [0.15, 0.2) is 18.2 Å². The summed E-state index contributed by atoms with van der Waals surface area (Å²) in [5, 5.41) is 5.04. The number of hydrogen-bond acceptors (Lipinski definition) is 1. The van der Waals surface area contributed by atoms with Gasteiger partial charge in [0.2, 0.25) is 0 Å². The van der Waals surface area contributed by atoms with E-state index < -0.39 is 0 Å². The molecule has 0 aliphatic carbocycles. The first kappa shape index (κ1) is 15.8. The summed E-state index contributed by atoms with van der Waals surface area (Å²) in [5.74, 6) is 0. The van der Waals surface area contributed by atoms with Crippen LogP contribution in [-0.4, -0.2) is 6.54 Å². The molecule has 1 rings (SSSR count). The summed E-state index contributed by atoms with van der Waals surface area (Å²) in [6.07, 6.45) is 2.20. The minimum atomic E-state index is 0.159. The number of nitrogens with one attached hydrogen (secondary N) is 1. The summed E-state index contributed by atoms with van der Waals surface area (Å²) in [6.45, 7) is 9.92. The average Bonchev–Trinajstić information content (AvgIpc) is 2.31. The van der Waals surface area contributed by atoms with Crippen molar-refractivity contribution in [3.05, 3.63) is 33.8 Å². The molecule has 0 radical (unpaired) electrons. The van der Waals surface area contributed by atoms with E-state index in [1.807, 2.05) is 18.2 Å². The molecule has 1 N–H and O–H groups in total. The highest BCUT2D eigenvalue weighted by Crippen LogP contribution is 2.39. The highest BCUT2D eigenvalue weighted by molar-refractivity contribution is 6.35. The third-order valence-electron chi connectivity index (χ3n) is 3.56. The molecule has 0 heterocycles. The van der Waals surface area contributed by atoms with Gasteiger partial charge in [0.05, 0.1) is 0 Å². The van der Waals surface area contributed by atoms with Gasteiger partial charge in [-0.2, -0.15) is 0 Å². The summed E-state index contributed by atoms with van der Waals surface area (Å²) in [6, 6.07) is 6.03. The Morgan fingerprint density at radius 3 is 2.39 bits per heavy atom. The molecule has 1 nitrogen and oxygen atoms in total. The molecule has 1 aromatic carbocycles. The van der Waals surface area contributed by atoms with Crippen LogP contribution >= 0.6 is 23.2 Å². The predicted molar refractivity (Wildman–Crippen MR) is 81.6 cm³/mol. The van der Waals surface area contributed by atoms with E-state index in [4.69, 9.17) is 23.2 Å². The van der Waals surface area contributed by atoms with Crippen LogP contribution in [0.4, 0.5) is 0 Å². The highest BCUT2D eigenvalue weighted by Gasteiger charge is 2.30. The van der Waals surface area contributed by atoms with Gasteiger partial charge in [-0.25, -0.2) is 0 Å². The van der Waals surface area contributed by atoms with Crippen LogP contribution in [-0.2, 0) is 0 Å². The van der Waals surface area contributed by atoms with Crippen molar-refractivity contribution in [3.63, 3.8) is 0 Å². The Morgan fingerprint density at radius 1 is 1.22 bits per heavy atom. The van der Waals surface area contributed by atoms with Crippen molar-refractivity contribution in [3.8, 4) is 0 Å². The third-order valence-corrected chi connectivity index (χ3v) is 4.13. The number of benzene rings is 1. The SMILES string of the molecule is CCCNC(c1ccc(Cl)cc1Cl)C(C)(C)CC. The molecule has 0 amide bonds. The molecule has 1 unspecified atom stereocenters.